The molecule has 0 atom stereocenters. The first-order valence-electron chi connectivity index (χ1n) is 5.62. The van der Waals surface area contributed by atoms with E-state index in [1.54, 1.807) is 30.3 Å². The Kier molecular flexibility index (Phi) is 3.86. The summed E-state index contributed by atoms with van der Waals surface area (Å²) >= 11 is 0. The highest BCUT2D eigenvalue weighted by atomic mass is 16.5. The molecule has 0 aromatic heterocycles. The molecule has 0 spiro atoms. The molecular weight excluding hydrogens is 242 g/mol. The molecule has 2 aromatic rings. The van der Waals surface area contributed by atoms with Crippen molar-refractivity contribution in [2.75, 3.05) is 7.11 Å². The molecule has 0 saturated carbocycles. The second-order valence-electron chi connectivity index (χ2n) is 3.79. The Labute approximate surface area is 110 Å². The zero-order valence-corrected chi connectivity index (χ0v) is 10.3. The molecule has 4 heteroatoms. The van der Waals surface area contributed by atoms with Gasteiger partial charge in [-0.05, 0) is 23.8 Å². The van der Waals surface area contributed by atoms with E-state index >= 15 is 0 Å². The third-order valence-electron chi connectivity index (χ3n) is 2.66. The summed E-state index contributed by atoms with van der Waals surface area (Å²) in [5.41, 5.74) is 2.51. The second kappa shape index (κ2) is 5.76. The highest BCUT2D eigenvalue weighted by molar-refractivity contribution is 5.91. The molecule has 2 aromatic carbocycles. The molecule has 0 aliphatic carbocycles. The van der Waals surface area contributed by atoms with Crippen molar-refractivity contribution in [3.05, 3.63) is 54.1 Å². The summed E-state index contributed by atoms with van der Waals surface area (Å²) in [5.74, 6) is -0.404. The fourth-order valence-electron chi connectivity index (χ4n) is 1.80. The van der Waals surface area contributed by atoms with Crippen molar-refractivity contribution in [2.45, 2.75) is 0 Å². The van der Waals surface area contributed by atoms with Crippen LogP contribution in [0.2, 0.25) is 0 Å². The first kappa shape index (κ1) is 12.7. The van der Waals surface area contributed by atoms with Gasteiger partial charge in [0.25, 0.3) is 0 Å². The topological polar surface area (TPSA) is 55.7 Å². The van der Waals surface area contributed by atoms with Crippen LogP contribution in [0.25, 0.3) is 11.1 Å². The smallest absolute Gasteiger partial charge is 0.337 e. The largest absolute Gasteiger partial charge is 0.465 e. The Morgan fingerprint density at radius 1 is 1.16 bits per heavy atom. The molecule has 0 heterocycles. The number of benzene rings is 2. The summed E-state index contributed by atoms with van der Waals surface area (Å²) in [6.07, 6.45) is 1.53. The number of methoxy groups -OCH3 is 1. The predicted molar refractivity (Wildman–Crippen MR) is 71.0 cm³/mol. The van der Waals surface area contributed by atoms with Crippen LogP contribution in [0, 0.1) is 0 Å². The van der Waals surface area contributed by atoms with Gasteiger partial charge in [-0.3, -0.25) is 0 Å². The highest BCUT2D eigenvalue weighted by Gasteiger charge is 2.08. The average molecular weight is 253 g/mol. The number of hydrogen-bond acceptors (Lipinski definition) is 4. The van der Waals surface area contributed by atoms with Crippen molar-refractivity contribution in [2.24, 2.45) is 4.99 Å². The van der Waals surface area contributed by atoms with Gasteiger partial charge in [0.05, 0.1) is 18.4 Å². The lowest BCUT2D eigenvalue weighted by molar-refractivity contribution is 0.0601. The monoisotopic (exact) mass is 253 g/mol. The van der Waals surface area contributed by atoms with E-state index < -0.39 is 5.97 Å². The molecule has 0 amide bonds. The van der Waals surface area contributed by atoms with E-state index in [-0.39, 0.29) is 0 Å². The molecule has 2 rings (SSSR count). The summed E-state index contributed by atoms with van der Waals surface area (Å²) in [6, 6.07) is 14.1. The molecule has 0 unspecified atom stereocenters. The number of carbonyl (C=O) groups excluding carboxylic acids is 2. The fraction of sp³-hybridized carbons (Fsp3) is 0.0667. The van der Waals surface area contributed by atoms with E-state index in [1.807, 2.05) is 18.2 Å². The van der Waals surface area contributed by atoms with Gasteiger partial charge in [0, 0.05) is 5.56 Å². The van der Waals surface area contributed by atoms with Gasteiger partial charge in [-0.25, -0.2) is 9.59 Å². The quantitative estimate of drug-likeness (QED) is 0.479. The fourth-order valence-corrected chi connectivity index (χ4v) is 1.80. The van der Waals surface area contributed by atoms with Gasteiger partial charge in [0.15, 0.2) is 0 Å². The molecular formula is C15H11NO3. The third-order valence-corrected chi connectivity index (χ3v) is 2.66. The van der Waals surface area contributed by atoms with Gasteiger partial charge in [0.1, 0.15) is 0 Å². The van der Waals surface area contributed by atoms with Crippen LogP contribution >= 0.6 is 0 Å². The van der Waals surface area contributed by atoms with Gasteiger partial charge in [-0.2, -0.15) is 4.99 Å². The summed E-state index contributed by atoms with van der Waals surface area (Å²) in [5, 5.41) is 0. The van der Waals surface area contributed by atoms with E-state index in [2.05, 4.69) is 9.73 Å². The lowest BCUT2D eigenvalue weighted by atomic mass is 10.0. The van der Waals surface area contributed by atoms with Crippen LogP contribution in [-0.4, -0.2) is 19.2 Å². The van der Waals surface area contributed by atoms with Crippen LogP contribution in [-0.2, 0) is 9.53 Å². The molecule has 0 saturated heterocycles. The van der Waals surface area contributed by atoms with Gasteiger partial charge in [-0.1, -0.05) is 30.3 Å². The zero-order valence-electron chi connectivity index (χ0n) is 10.3. The van der Waals surface area contributed by atoms with Gasteiger partial charge < -0.3 is 4.74 Å². The zero-order chi connectivity index (χ0) is 13.7. The molecule has 0 bridgehead atoms. The highest BCUT2D eigenvalue weighted by Crippen LogP contribution is 2.30. The van der Waals surface area contributed by atoms with Gasteiger partial charge in [0.2, 0.25) is 6.08 Å². The summed E-state index contributed by atoms with van der Waals surface area (Å²) in [6.45, 7) is 0. The van der Waals surface area contributed by atoms with E-state index in [0.717, 1.165) is 11.1 Å². The summed E-state index contributed by atoms with van der Waals surface area (Å²) in [7, 11) is 1.33. The Balaban J connectivity index is 2.53. The number of ether oxygens (including phenoxy) is 1. The summed E-state index contributed by atoms with van der Waals surface area (Å²) < 4.78 is 4.68. The molecule has 0 radical (unpaired) electrons. The number of isocyanates is 1. The molecule has 0 aliphatic rings. The van der Waals surface area contributed by atoms with E-state index in [0.29, 0.717) is 11.3 Å². The molecule has 0 N–H and O–H groups in total. The maximum Gasteiger partial charge on any atom is 0.337 e. The lowest BCUT2D eigenvalue weighted by Gasteiger charge is -2.06. The second-order valence-corrected chi connectivity index (χ2v) is 3.79. The third kappa shape index (κ3) is 2.76. The maximum atomic E-state index is 11.5. The first-order valence-corrected chi connectivity index (χ1v) is 5.62. The number of hydrogen-bond donors (Lipinski definition) is 0. The number of rotatable bonds is 3. The van der Waals surface area contributed by atoms with Crippen molar-refractivity contribution >= 4 is 17.7 Å². The molecule has 0 fully saturated rings. The van der Waals surface area contributed by atoms with Crippen molar-refractivity contribution in [3.63, 3.8) is 0 Å². The minimum absolute atomic E-state index is 0.404. The molecule has 4 nitrogen and oxygen atoms in total. The van der Waals surface area contributed by atoms with Crippen LogP contribution < -0.4 is 0 Å². The van der Waals surface area contributed by atoms with Gasteiger partial charge >= 0.3 is 5.97 Å². The van der Waals surface area contributed by atoms with Crippen molar-refractivity contribution < 1.29 is 14.3 Å². The number of aliphatic imine (C=N–C) groups is 1. The number of carbonyl (C=O) groups is 1. The molecule has 94 valence electrons. The maximum absolute atomic E-state index is 11.5. The molecule has 19 heavy (non-hydrogen) atoms. The standard InChI is InChI=1S/C15H11NO3/c1-19-15(18)12-6-4-5-11(9-12)13-7-2-3-8-14(13)16-10-17/h2-9H,1H3. The van der Waals surface area contributed by atoms with Crippen LogP contribution in [0.1, 0.15) is 10.4 Å². The van der Waals surface area contributed by atoms with E-state index in [9.17, 15) is 9.59 Å². The number of para-hydroxylation sites is 1. The van der Waals surface area contributed by atoms with Gasteiger partial charge in [-0.15, -0.1) is 0 Å². The number of esters is 1. The minimum atomic E-state index is -0.404. The first-order chi connectivity index (χ1) is 9.26. The van der Waals surface area contributed by atoms with Crippen LogP contribution in [0.15, 0.2) is 53.5 Å². The van der Waals surface area contributed by atoms with E-state index in [4.69, 9.17) is 0 Å². The van der Waals surface area contributed by atoms with Crippen molar-refractivity contribution in [1.82, 2.24) is 0 Å². The normalized spacial score (nSPS) is 9.53. The minimum Gasteiger partial charge on any atom is -0.465 e. The predicted octanol–water partition coefficient (Wildman–Crippen LogP) is 3.11. The van der Waals surface area contributed by atoms with Crippen LogP contribution in [0.5, 0.6) is 0 Å². The lowest BCUT2D eigenvalue weighted by Crippen LogP contribution is -2.00. The van der Waals surface area contributed by atoms with Crippen LogP contribution in [0.3, 0.4) is 0 Å². The van der Waals surface area contributed by atoms with Crippen LogP contribution in [0.4, 0.5) is 5.69 Å². The van der Waals surface area contributed by atoms with E-state index in [1.165, 1.54) is 13.2 Å². The summed E-state index contributed by atoms with van der Waals surface area (Å²) in [4.78, 5) is 25.6. The average Bonchev–Trinajstić information content (AvgIpc) is 2.47. The Bertz CT molecular complexity index is 658. The SMILES string of the molecule is COC(=O)c1cccc(-c2ccccc2N=C=O)c1. The Hall–Kier alpha value is -2.71. The van der Waals surface area contributed by atoms with Crippen molar-refractivity contribution in [3.8, 4) is 11.1 Å². The number of nitrogens with zero attached hydrogens (tertiary/aromatic N) is 1. The molecule has 0 aliphatic heterocycles. The van der Waals surface area contributed by atoms with Crippen molar-refractivity contribution in [1.29, 1.82) is 0 Å². The Morgan fingerprint density at radius 2 is 1.95 bits per heavy atom. The Morgan fingerprint density at radius 3 is 2.68 bits per heavy atom.